The van der Waals surface area contributed by atoms with Crippen molar-refractivity contribution in [3.05, 3.63) is 35.9 Å². The highest BCUT2D eigenvalue weighted by Crippen LogP contribution is 2.38. The van der Waals surface area contributed by atoms with Crippen molar-refractivity contribution < 1.29 is 23.7 Å². The molecule has 0 atom stereocenters. The van der Waals surface area contributed by atoms with E-state index in [2.05, 4.69) is 10.2 Å². The van der Waals surface area contributed by atoms with Gasteiger partial charge < -0.3 is 29.2 Å². The highest BCUT2D eigenvalue weighted by atomic mass is 16.5. The van der Waals surface area contributed by atoms with Gasteiger partial charge in [0.15, 0.2) is 11.5 Å². The second-order valence-corrected chi connectivity index (χ2v) is 5.82. The van der Waals surface area contributed by atoms with Crippen LogP contribution in [-0.2, 0) is 0 Å². The number of benzene rings is 2. The Morgan fingerprint density at radius 2 is 1.77 bits per heavy atom. The van der Waals surface area contributed by atoms with Gasteiger partial charge in [-0.2, -0.15) is 0 Å². The van der Waals surface area contributed by atoms with Crippen LogP contribution in [-0.4, -0.2) is 47.4 Å². The van der Waals surface area contributed by atoms with E-state index in [9.17, 15) is 4.79 Å². The maximum absolute atomic E-state index is 12.7. The zero-order chi connectivity index (χ0) is 18.7. The molecule has 138 valence electrons. The zero-order valence-electron chi connectivity index (χ0n) is 15.3. The van der Waals surface area contributed by atoms with Gasteiger partial charge in [-0.15, -0.1) is 0 Å². The Bertz CT molecular complexity index is 797. The minimum Gasteiger partial charge on any atom is -0.493 e. The average molecular weight is 358 g/mol. The third kappa shape index (κ3) is 3.33. The first kappa shape index (κ1) is 17.7. The zero-order valence-corrected chi connectivity index (χ0v) is 15.3. The first-order chi connectivity index (χ1) is 12.6. The highest BCUT2D eigenvalue weighted by molar-refractivity contribution is 6.05. The fourth-order valence-corrected chi connectivity index (χ4v) is 2.85. The fourth-order valence-electron chi connectivity index (χ4n) is 2.85. The minimum absolute atomic E-state index is 0.284. The molecule has 7 heteroatoms. The fraction of sp³-hybridized carbons (Fsp3) is 0.316. The normalized spacial score (nSPS) is 12.7. The summed E-state index contributed by atoms with van der Waals surface area (Å²) in [6, 6.07) is 8.82. The Morgan fingerprint density at radius 1 is 1.08 bits per heavy atom. The van der Waals surface area contributed by atoms with E-state index in [1.54, 1.807) is 12.1 Å². The first-order valence-electron chi connectivity index (χ1n) is 8.16. The van der Waals surface area contributed by atoms with Gasteiger partial charge in [-0.05, 0) is 24.3 Å². The number of carbonyl (C=O) groups excluding carboxylic acids is 1. The molecule has 0 fully saturated rings. The summed E-state index contributed by atoms with van der Waals surface area (Å²) in [5.74, 6) is 1.76. The van der Waals surface area contributed by atoms with Gasteiger partial charge >= 0.3 is 0 Å². The molecule has 2 aromatic rings. The van der Waals surface area contributed by atoms with Gasteiger partial charge in [0, 0.05) is 24.4 Å². The van der Waals surface area contributed by atoms with Crippen LogP contribution in [0.25, 0.3) is 0 Å². The SMILES string of the molecule is COc1cc(C(=O)Nc2ccc3c(c2)OCCN3C)cc(OC)c1OC. The lowest BCUT2D eigenvalue weighted by atomic mass is 10.1. The van der Waals surface area contributed by atoms with E-state index >= 15 is 0 Å². The maximum atomic E-state index is 12.7. The quantitative estimate of drug-likeness (QED) is 0.886. The van der Waals surface area contributed by atoms with Gasteiger partial charge in [-0.25, -0.2) is 0 Å². The van der Waals surface area contributed by atoms with E-state index in [1.165, 1.54) is 21.3 Å². The monoisotopic (exact) mass is 358 g/mol. The Morgan fingerprint density at radius 3 is 2.38 bits per heavy atom. The number of hydrogen-bond acceptors (Lipinski definition) is 6. The molecule has 1 aliphatic heterocycles. The van der Waals surface area contributed by atoms with Crippen LogP contribution in [0.2, 0.25) is 0 Å². The highest BCUT2D eigenvalue weighted by Gasteiger charge is 2.19. The molecule has 0 saturated heterocycles. The topological polar surface area (TPSA) is 69.3 Å². The van der Waals surface area contributed by atoms with Gasteiger partial charge in [0.25, 0.3) is 5.91 Å². The molecule has 3 rings (SSSR count). The van der Waals surface area contributed by atoms with Gasteiger partial charge in [0.05, 0.1) is 33.6 Å². The van der Waals surface area contributed by atoms with Crippen molar-refractivity contribution in [1.29, 1.82) is 0 Å². The van der Waals surface area contributed by atoms with Crippen molar-refractivity contribution in [3.8, 4) is 23.0 Å². The number of nitrogens with one attached hydrogen (secondary N) is 1. The first-order valence-corrected chi connectivity index (χ1v) is 8.16. The van der Waals surface area contributed by atoms with Crippen LogP contribution in [0.4, 0.5) is 11.4 Å². The van der Waals surface area contributed by atoms with Crippen molar-refractivity contribution in [3.63, 3.8) is 0 Å². The van der Waals surface area contributed by atoms with Crippen molar-refractivity contribution >= 4 is 17.3 Å². The van der Waals surface area contributed by atoms with Crippen LogP contribution in [0.3, 0.4) is 0 Å². The van der Waals surface area contributed by atoms with Gasteiger partial charge in [0.1, 0.15) is 12.4 Å². The number of fused-ring (bicyclic) bond motifs is 1. The molecule has 1 aliphatic rings. The van der Waals surface area contributed by atoms with Crippen LogP contribution in [0.15, 0.2) is 30.3 Å². The molecule has 7 nitrogen and oxygen atoms in total. The minimum atomic E-state index is -0.284. The molecule has 0 saturated carbocycles. The predicted molar refractivity (Wildman–Crippen MR) is 99.3 cm³/mol. The lowest BCUT2D eigenvalue weighted by Crippen LogP contribution is -2.28. The van der Waals surface area contributed by atoms with Gasteiger partial charge in [-0.1, -0.05) is 0 Å². The number of rotatable bonds is 5. The van der Waals surface area contributed by atoms with Crippen LogP contribution in [0, 0.1) is 0 Å². The average Bonchev–Trinajstić information content (AvgIpc) is 2.66. The van der Waals surface area contributed by atoms with E-state index in [0.29, 0.717) is 35.1 Å². The lowest BCUT2D eigenvalue weighted by Gasteiger charge is -2.28. The van der Waals surface area contributed by atoms with Gasteiger partial charge in [0.2, 0.25) is 5.75 Å². The summed E-state index contributed by atoms with van der Waals surface area (Å²) in [4.78, 5) is 14.8. The molecule has 2 aromatic carbocycles. The molecule has 0 unspecified atom stereocenters. The van der Waals surface area contributed by atoms with Crippen LogP contribution < -0.4 is 29.2 Å². The Hall–Kier alpha value is -3.09. The van der Waals surface area contributed by atoms with Crippen molar-refractivity contribution in [2.24, 2.45) is 0 Å². The number of methoxy groups -OCH3 is 3. The summed E-state index contributed by atoms with van der Waals surface area (Å²) in [5, 5.41) is 2.87. The number of carbonyl (C=O) groups is 1. The molecule has 26 heavy (non-hydrogen) atoms. The number of ether oxygens (including phenoxy) is 4. The molecular formula is C19H22N2O5. The number of amides is 1. The van der Waals surface area contributed by atoms with E-state index in [0.717, 1.165) is 18.0 Å². The second-order valence-electron chi connectivity index (χ2n) is 5.82. The van der Waals surface area contributed by atoms with E-state index in [1.807, 2.05) is 25.2 Å². The summed E-state index contributed by atoms with van der Waals surface area (Å²) < 4.78 is 21.5. The molecular weight excluding hydrogens is 336 g/mol. The number of hydrogen-bond donors (Lipinski definition) is 1. The molecule has 1 heterocycles. The van der Waals surface area contributed by atoms with Crippen molar-refractivity contribution in [1.82, 2.24) is 0 Å². The number of anilines is 2. The van der Waals surface area contributed by atoms with E-state index < -0.39 is 0 Å². The Kier molecular flexibility index (Phi) is 5.06. The molecule has 0 bridgehead atoms. The lowest BCUT2D eigenvalue weighted by molar-refractivity contribution is 0.102. The molecule has 0 aromatic heterocycles. The second kappa shape index (κ2) is 7.43. The van der Waals surface area contributed by atoms with Crippen LogP contribution in [0.1, 0.15) is 10.4 Å². The molecule has 0 radical (unpaired) electrons. The summed E-state index contributed by atoms with van der Waals surface area (Å²) in [7, 11) is 6.55. The smallest absolute Gasteiger partial charge is 0.255 e. The van der Waals surface area contributed by atoms with Crippen LogP contribution >= 0.6 is 0 Å². The summed E-state index contributed by atoms with van der Waals surface area (Å²) in [5.41, 5.74) is 2.05. The third-order valence-electron chi connectivity index (χ3n) is 4.24. The van der Waals surface area contributed by atoms with Crippen molar-refractivity contribution in [2.75, 3.05) is 51.7 Å². The van der Waals surface area contributed by atoms with E-state index in [4.69, 9.17) is 18.9 Å². The summed E-state index contributed by atoms with van der Waals surface area (Å²) in [6.45, 7) is 1.46. The molecule has 1 N–H and O–H groups in total. The summed E-state index contributed by atoms with van der Waals surface area (Å²) in [6.07, 6.45) is 0. The van der Waals surface area contributed by atoms with Gasteiger partial charge in [-0.3, -0.25) is 4.79 Å². The van der Waals surface area contributed by atoms with Crippen LogP contribution in [0.5, 0.6) is 23.0 Å². The molecule has 1 amide bonds. The predicted octanol–water partition coefficient (Wildman–Crippen LogP) is 2.79. The van der Waals surface area contributed by atoms with E-state index in [-0.39, 0.29) is 5.91 Å². The molecule has 0 aliphatic carbocycles. The summed E-state index contributed by atoms with van der Waals surface area (Å²) >= 11 is 0. The number of likely N-dealkylation sites (N-methyl/N-ethyl adjacent to an activating group) is 1. The number of nitrogens with zero attached hydrogens (tertiary/aromatic N) is 1. The Labute approximate surface area is 152 Å². The standard InChI is InChI=1S/C19H22N2O5/c1-21-7-8-26-15-11-13(5-6-14(15)21)20-19(22)12-9-16(23-2)18(25-4)17(10-12)24-3/h5-6,9-11H,7-8H2,1-4H3,(H,20,22). The third-order valence-corrected chi connectivity index (χ3v) is 4.24. The largest absolute Gasteiger partial charge is 0.493 e. The maximum Gasteiger partial charge on any atom is 0.255 e. The Balaban J connectivity index is 1.86. The molecule has 0 spiro atoms. The van der Waals surface area contributed by atoms with Crippen molar-refractivity contribution in [2.45, 2.75) is 0 Å².